The van der Waals surface area contributed by atoms with E-state index in [1.54, 1.807) is 6.26 Å². The van der Waals surface area contributed by atoms with Crippen LogP contribution in [0.4, 0.5) is 0 Å². The topological polar surface area (TPSA) is 83.4 Å². The molecule has 140 valence electrons. The Balaban J connectivity index is 1.52. The largest absolute Gasteiger partial charge is 0.468 e. The number of hydrogen-bond donors (Lipinski definition) is 2. The molecule has 2 aliphatic rings. The Labute approximate surface area is 153 Å². The fourth-order valence-corrected chi connectivity index (χ4v) is 3.97. The van der Waals surface area contributed by atoms with Gasteiger partial charge in [0.25, 0.3) is 5.91 Å². The highest BCUT2D eigenvalue weighted by molar-refractivity contribution is 5.94. The Morgan fingerprint density at radius 3 is 3.15 bits per heavy atom. The molecule has 7 heteroatoms. The number of carbonyl (C=O) groups is 1. The number of aromatic amines is 1. The van der Waals surface area contributed by atoms with Gasteiger partial charge >= 0.3 is 0 Å². The molecule has 0 radical (unpaired) electrons. The fourth-order valence-electron chi connectivity index (χ4n) is 3.97. The summed E-state index contributed by atoms with van der Waals surface area (Å²) in [5, 5.41) is 10.5. The van der Waals surface area contributed by atoms with Crippen molar-refractivity contribution in [2.24, 2.45) is 5.92 Å². The maximum absolute atomic E-state index is 12.5. The lowest BCUT2D eigenvalue weighted by molar-refractivity contribution is 0.0506. The fraction of sp³-hybridized carbons (Fsp3) is 0.579. The van der Waals surface area contributed by atoms with Crippen LogP contribution in [0.15, 0.2) is 22.8 Å². The molecule has 0 aromatic carbocycles. The number of amides is 1. The first kappa shape index (κ1) is 17.3. The van der Waals surface area contributed by atoms with Gasteiger partial charge in [0.05, 0.1) is 31.7 Å². The minimum atomic E-state index is -0.123. The molecule has 1 spiro atoms. The lowest BCUT2D eigenvalue weighted by Crippen LogP contribution is -2.40. The summed E-state index contributed by atoms with van der Waals surface area (Å²) in [4.78, 5) is 14.9. The zero-order chi connectivity index (χ0) is 18.1. The molecule has 2 aromatic heterocycles. The second-order valence-electron chi connectivity index (χ2n) is 7.84. The van der Waals surface area contributed by atoms with Gasteiger partial charge in [-0.2, -0.15) is 5.10 Å². The van der Waals surface area contributed by atoms with Gasteiger partial charge in [0.1, 0.15) is 5.76 Å². The Morgan fingerprint density at radius 1 is 1.50 bits per heavy atom. The summed E-state index contributed by atoms with van der Waals surface area (Å²) in [6, 6.07) is 3.92. The zero-order valence-electron chi connectivity index (χ0n) is 15.4. The minimum Gasteiger partial charge on any atom is -0.468 e. The number of ether oxygens (including phenoxy) is 1. The third-order valence-electron chi connectivity index (χ3n) is 5.30. The first-order valence-corrected chi connectivity index (χ1v) is 9.26. The monoisotopic (exact) mass is 358 g/mol. The number of rotatable bonds is 5. The Morgan fingerprint density at radius 2 is 2.38 bits per heavy atom. The molecular weight excluding hydrogens is 332 g/mol. The van der Waals surface area contributed by atoms with E-state index in [-0.39, 0.29) is 11.3 Å². The molecule has 4 rings (SSSR count). The van der Waals surface area contributed by atoms with Crippen LogP contribution < -0.4 is 5.32 Å². The Bertz CT molecular complexity index is 768. The van der Waals surface area contributed by atoms with E-state index in [0.717, 1.165) is 43.1 Å². The molecule has 1 fully saturated rings. The molecule has 2 aromatic rings. The van der Waals surface area contributed by atoms with Crippen LogP contribution in [0.2, 0.25) is 0 Å². The van der Waals surface area contributed by atoms with Crippen molar-refractivity contribution in [1.29, 1.82) is 0 Å². The average molecular weight is 358 g/mol. The number of H-pyrrole nitrogens is 1. The van der Waals surface area contributed by atoms with Crippen LogP contribution in [0.1, 0.15) is 47.8 Å². The van der Waals surface area contributed by atoms with Gasteiger partial charge in [0.15, 0.2) is 5.69 Å². The minimum absolute atomic E-state index is 0.121. The molecule has 0 unspecified atom stereocenters. The average Bonchev–Trinajstić information content (AvgIpc) is 3.34. The molecule has 4 heterocycles. The highest BCUT2D eigenvalue weighted by Gasteiger charge is 2.46. The van der Waals surface area contributed by atoms with Crippen LogP contribution in [-0.2, 0) is 23.3 Å². The quantitative estimate of drug-likeness (QED) is 0.855. The number of fused-ring (bicyclic) bond motifs is 2. The number of furan rings is 1. The van der Waals surface area contributed by atoms with Gasteiger partial charge in [0.2, 0.25) is 0 Å². The number of aromatic nitrogens is 2. The van der Waals surface area contributed by atoms with E-state index in [2.05, 4.69) is 34.3 Å². The maximum atomic E-state index is 12.5. The smallest absolute Gasteiger partial charge is 0.272 e. The lowest BCUT2D eigenvalue weighted by atomic mass is 9.80. The molecule has 1 amide bonds. The third kappa shape index (κ3) is 3.17. The molecule has 26 heavy (non-hydrogen) atoms. The summed E-state index contributed by atoms with van der Waals surface area (Å²) in [7, 11) is 0. The van der Waals surface area contributed by atoms with Crippen LogP contribution in [0.5, 0.6) is 0 Å². The van der Waals surface area contributed by atoms with Crippen LogP contribution in [-0.4, -0.2) is 47.2 Å². The molecule has 0 saturated carbocycles. The summed E-state index contributed by atoms with van der Waals surface area (Å²) in [6.45, 7) is 8.52. The Kier molecular flexibility index (Phi) is 4.58. The lowest BCUT2D eigenvalue weighted by Gasteiger charge is -2.33. The maximum Gasteiger partial charge on any atom is 0.272 e. The summed E-state index contributed by atoms with van der Waals surface area (Å²) >= 11 is 0. The van der Waals surface area contributed by atoms with Crippen molar-refractivity contribution in [1.82, 2.24) is 20.4 Å². The van der Waals surface area contributed by atoms with E-state index in [4.69, 9.17) is 9.15 Å². The summed E-state index contributed by atoms with van der Waals surface area (Å²) in [5.74, 6) is 1.25. The number of nitrogens with one attached hydrogen (secondary N) is 2. The number of likely N-dealkylation sites (tertiary alicyclic amines) is 1. The highest BCUT2D eigenvalue weighted by Crippen LogP contribution is 2.40. The molecular formula is C19H26N4O3. The highest BCUT2D eigenvalue weighted by atomic mass is 16.5. The van der Waals surface area contributed by atoms with Crippen molar-refractivity contribution in [3.63, 3.8) is 0 Å². The molecule has 1 atom stereocenters. The van der Waals surface area contributed by atoms with E-state index in [1.807, 2.05) is 12.1 Å². The van der Waals surface area contributed by atoms with E-state index in [0.29, 0.717) is 31.4 Å². The number of nitrogens with zero attached hydrogens (tertiary/aromatic N) is 2. The van der Waals surface area contributed by atoms with Gasteiger partial charge in [0, 0.05) is 24.1 Å². The molecule has 1 saturated heterocycles. The second kappa shape index (κ2) is 6.89. The van der Waals surface area contributed by atoms with Gasteiger partial charge in [-0.25, -0.2) is 0 Å². The van der Waals surface area contributed by atoms with Crippen molar-refractivity contribution in [3.05, 3.63) is 41.1 Å². The van der Waals surface area contributed by atoms with Gasteiger partial charge in [-0.3, -0.25) is 14.8 Å². The summed E-state index contributed by atoms with van der Waals surface area (Å²) in [5.41, 5.74) is 2.34. The first-order valence-electron chi connectivity index (χ1n) is 9.26. The number of hydrogen-bond acceptors (Lipinski definition) is 5. The van der Waals surface area contributed by atoms with Gasteiger partial charge in [-0.05, 0) is 31.0 Å². The third-order valence-corrected chi connectivity index (χ3v) is 5.30. The van der Waals surface area contributed by atoms with Crippen LogP contribution in [0, 0.1) is 5.92 Å². The normalized spacial score (nSPS) is 22.9. The van der Waals surface area contributed by atoms with Crippen molar-refractivity contribution >= 4 is 5.91 Å². The SMILES string of the molecule is CC(C)CNC(=O)c1n[nH]c2c1COC[C@]21CCN(Cc2ccco2)C1. The van der Waals surface area contributed by atoms with E-state index < -0.39 is 0 Å². The van der Waals surface area contributed by atoms with Crippen LogP contribution in [0.3, 0.4) is 0 Å². The number of carbonyl (C=O) groups excluding carboxylic acids is 1. The zero-order valence-corrected chi connectivity index (χ0v) is 15.4. The van der Waals surface area contributed by atoms with E-state index >= 15 is 0 Å². The van der Waals surface area contributed by atoms with Gasteiger partial charge < -0.3 is 14.5 Å². The van der Waals surface area contributed by atoms with Crippen LogP contribution in [0.25, 0.3) is 0 Å². The summed E-state index contributed by atoms with van der Waals surface area (Å²) in [6.07, 6.45) is 2.69. The van der Waals surface area contributed by atoms with Crippen molar-refractivity contribution in [2.45, 2.75) is 38.8 Å². The van der Waals surface area contributed by atoms with Crippen molar-refractivity contribution in [2.75, 3.05) is 26.2 Å². The molecule has 0 aliphatic carbocycles. The molecule has 7 nitrogen and oxygen atoms in total. The summed E-state index contributed by atoms with van der Waals surface area (Å²) < 4.78 is 11.4. The van der Waals surface area contributed by atoms with E-state index in [9.17, 15) is 4.79 Å². The van der Waals surface area contributed by atoms with Crippen molar-refractivity contribution in [3.8, 4) is 0 Å². The predicted octanol–water partition coefficient (Wildman–Crippen LogP) is 2.06. The standard InChI is InChI=1S/C19H26N4O3/c1-13(2)8-20-18(24)16-15-10-25-12-19(17(15)22-21-16)5-6-23(11-19)9-14-4-3-7-26-14/h3-4,7,13H,5-6,8-12H2,1-2H3,(H,20,24)(H,21,22)/t19-/m1/s1. The molecule has 2 aliphatic heterocycles. The predicted molar refractivity (Wildman–Crippen MR) is 95.7 cm³/mol. The molecule has 0 bridgehead atoms. The molecule has 2 N–H and O–H groups in total. The second-order valence-corrected chi connectivity index (χ2v) is 7.84. The van der Waals surface area contributed by atoms with Crippen molar-refractivity contribution < 1.29 is 13.9 Å². The first-order chi connectivity index (χ1) is 12.6. The Hall–Kier alpha value is -2.12. The van der Waals surface area contributed by atoms with Gasteiger partial charge in [-0.15, -0.1) is 0 Å². The van der Waals surface area contributed by atoms with E-state index in [1.165, 1.54) is 0 Å². The van der Waals surface area contributed by atoms with Gasteiger partial charge in [-0.1, -0.05) is 13.8 Å². The van der Waals surface area contributed by atoms with Crippen LogP contribution >= 0.6 is 0 Å².